The van der Waals surface area contributed by atoms with Gasteiger partial charge in [0.05, 0.1) is 15.8 Å². The summed E-state index contributed by atoms with van der Waals surface area (Å²) >= 11 is 6.87. The van der Waals surface area contributed by atoms with Gasteiger partial charge in [-0.05, 0) is 52.2 Å². The molecule has 3 nitrogen and oxygen atoms in total. The Morgan fingerprint density at radius 2 is 2.08 bits per heavy atom. The number of hydrogen-bond donors (Lipinski definition) is 1. The Morgan fingerprint density at radius 3 is 2.83 bits per heavy atom. The third-order valence-corrected chi connectivity index (χ3v) is 6.56. The summed E-state index contributed by atoms with van der Waals surface area (Å²) in [6, 6.07) is 13.2. The van der Waals surface area contributed by atoms with E-state index in [4.69, 9.17) is 0 Å². The van der Waals surface area contributed by atoms with Crippen molar-refractivity contribution in [3.8, 4) is 0 Å². The number of hydrogen-bond acceptors (Lipinski definition) is 4. The second kappa shape index (κ2) is 7.68. The van der Waals surface area contributed by atoms with Crippen molar-refractivity contribution < 1.29 is 4.79 Å². The Labute approximate surface area is 158 Å². The van der Waals surface area contributed by atoms with E-state index in [-0.39, 0.29) is 5.91 Å². The van der Waals surface area contributed by atoms with Crippen molar-refractivity contribution in [3.63, 3.8) is 0 Å². The Bertz CT molecular complexity index is 876. The van der Waals surface area contributed by atoms with Gasteiger partial charge < -0.3 is 5.32 Å². The molecule has 24 heavy (non-hydrogen) atoms. The molecule has 0 bridgehead atoms. The summed E-state index contributed by atoms with van der Waals surface area (Å²) in [5.41, 5.74) is 2.38. The maximum absolute atomic E-state index is 12.4. The molecule has 0 atom stereocenters. The van der Waals surface area contributed by atoms with E-state index in [0.29, 0.717) is 11.5 Å². The lowest BCUT2D eigenvalue weighted by Gasteiger charge is -2.06. The van der Waals surface area contributed by atoms with Gasteiger partial charge >= 0.3 is 0 Å². The van der Waals surface area contributed by atoms with Crippen molar-refractivity contribution in [2.24, 2.45) is 5.92 Å². The largest absolute Gasteiger partial charge is 0.322 e. The average molecular weight is 421 g/mol. The lowest BCUT2D eigenvalue weighted by Crippen LogP contribution is -2.12. The first kappa shape index (κ1) is 17.5. The lowest BCUT2D eigenvalue weighted by molar-refractivity contribution is 0.102. The first-order valence-corrected chi connectivity index (χ1v) is 10.2. The van der Waals surface area contributed by atoms with Crippen LogP contribution >= 0.6 is 39.0 Å². The third-order valence-electron chi connectivity index (χ3n) is 3.29. The van der Waals surface area contributed by atoms with Crippen molar-refractivity contribution in [2.75, 3.05) is 11.1 Å². The number of amides is 1. The summed E-state index contributed by atoms with van der Waals surface area (Å²) in [4.78, 5) is 17.0. The number of halogens is 1. The Hall–Kier alpha value is -1.37. The van der Waals surface area contributed by atoms with Gasteiger partial charge in [0.15, 0.2) is 4.34 Å². The van der Waals surface area contributed by atoms with Gasteiger partial charge in [0, 0.05) is 15.9 Å². The maximum Gasteiger partial charge on any atom is 0.256 e. The Balaban J connectivity index is 1.78. The number of thiazole rings is 1. The first-order chi connectivity index (χ1) is 11.5. The molecule has 1 N–H and O–H groups in total. The summed E-state index contributed by atoms with van der Waals surface area (Å²) in [6.07, 6.45) is 0. The number of benzene rings is 2. The molecular formula is C18H17BrN2OS2. The minimum atomic E-state index is -0.124. The van der Waals surface area contributed by atoms with Crippen LogP contribution in [0.2, 0.25) is 0 Å². The lowest BCUT2D eigenvalue weighted by atomic mass is 10.2. The van der Waals surface area contributed by atoms with Crippen LogP contribution in [0.3, 0.4) is 0 Å². The number of thioether (sulfide) groups is 1. The van der Waals surface area contributed by atoms with E-state index in [9.17, 15) is 4.79 Å². The van der Waals surface area contributed by atoms with Crippen LogP contribution in [-0.2, 0) is 0 Å². The van der Waals surface area contributed by atoms with Gasteiger partial charge in [-0.25, -0.2) is 4.98 Å². The van der Waals surface area contributed by atoms with Crippen molar-refractivity contribution >= 4 is 60.8 Å². The van der Waals surface area contributed by atoms with Crippen molar-refractivity contribution in [1.82, 2.24) is 4.98 Å². The number of rotatable bonds is 5. The predicted molar refractivity (Wildman–Crippen MR) is 107 cm³/mol. The molecule has 0 fully saturated rings. The smallest absolute Gasteiger partial charge is 0.256 e. The Morgan fingerprint density at radius 1 is 1.29 bits per heavy atom. The van der Waals surface area contributed by atoms with Gasteiger partial charge in [-0.3, -0.25) is 4.79 Å². The molecule has 0 aliphatic carbocycles. The van der Waals surface area contributed by atoms with Gasteiger partial charge in [0.2, 0.25) is 0 Å². The Kier molecular flexibility index (Phi) is 5.58. The van der Waals surface area contributed by atoms with E-state index in [0.717, 1.165) is 30.5 Å². The van der Waals surface area contributed by atoms with Crippen LogP contribution in [0.5, 0.6) is 0 Å². The van der Waals surface area contributed by atoms with E-state index in [1.54, 1.807) is 29.2 Å². The van der Waals surface area contributed by atoms with E-state index in [1.165, 1.54) is 0 Å². The van der Waals surface area contributed by atoms with Gasteiger partial charge in [0.25, 0.3) is 5.91 Å². The van der Waals surface area contributed by atoms with Crippen LogP contribution in [0.25, 0.3) is 10.2 Å². The summed E-state index contributed by atoms with van der Waals surface area (Å²) in [5.74, 6) is 1.58. The van der Waals surface area contributed by atoms with E-state index in [2.05, 4.69) is 40.1 Å². The van der Waals surface area contributed by atoms with E-state index in [1.807, 2.05) is 36.4 Å². The summed E-state index contributed by atoms with van der Waals surface area (Å²) in [5, 5.41) is 2.95. The molecule has 1 heterocycles. The minimum absolute atomic E-state index is 0.124. The molecule has 0 spiro atoms. The monoisotopic (exact) mass is 420 g/mol. The van der Waals surface area contributed by atoms with Crippen molar-refractivity contribution in [2.45, 2.75) is 18.2 Å². The first-order valence-electron chi connectivity index (χ1n) is 7.62. The number of carbonyl (C=O) groups excluding carboxylic acids is 1. The summed E-state index contributed by atoms with van der Waals surface area (Å²) < 4.78 is 2.95. The molecule has 0 aliphatic heterocycles. The quantitative estimate of drug-likeness (QED) is 0.509. The molecule has 0 saturated carbocycles. The number of fused-ring (bicyclic) bond motifs is 1. The molecule has 2 aromatic carbocycles. The van der Waals surface area contributed by atoms with Crippen LogP contribution in [0.4, 0.5) is 5.69 Å². The average Bonchev–Trinajstić information content (AvgIpc) is 2.95. The highest BCUT2D eigenvalue weighted by Crippen LogP contribution is 2.32. The fourth-order valence-electron chi connectivity index (χ4n) is 2.12. The molecule has 3 rings (SSSR count). The van der Waals surface area contributed by atoms with Crippen LogP contribution in [0, 0.1) is 5.92 Å². The zero-order valence-corrected chi connectivity index (χ0v) is 16.6. The second-order valence-corrected chi connectivity index (χ2v) is 8.95. The van der Waals surface area contributed by atoms with E-state index < -0.39 is 0 Å². The standard InChI is InChI=1S/C18H17BrN2OS2/c1-11(2)10-23-18-21-15-8-7-12(9-16(15)24-18)20-17(22)13-5-3-4-6-14(13)19/h3-9,11H,10H2,1-2H3,(H,20,22). The highest BCUT2D eigenvalue weighted by atomic mass is 79.9. The number of anilines is 1. The number of nitrogens with one attached hydrogen (secondary N) is 1. The molecule has 0 unspecified atom stereocenters. The fourth-order valence-corrected chi connectivity index (χ4v) is 4.67. The second-order valence-electron chi connectivity index (χ2n) is 5.80. The van der Waals surface area contributed by atoms with Crippen molar-refractivity contribution in [3.05, 3.63) is 52.5 Å². The summed E-state index contributed by atoms with van der Waals surface area (Å²) in [6.45, 7) is 4.41. The van der Waals surface area contributed by atoms with Crippen LogP contribution in [0.15, 0.2) is 51.3 Å². The number of aromatic nitrogens is 1. The molecule has 1 aromatic heterocycles. The topological polar surface area (TPSA) is 42.0 Å². The van der Waals surface area contributed by atoms with Gasteiger partial charge in [-0.2, -0.15) is 0 Å². The van der Waals surface area contributed by atoms with E-state index >= 15 is 0 Å². The van der Waals surface area contributed by atoms with Gasteiger partial charge in [-0.1, -0.05) is 37.7 Å². The molecule has 0 radical (unpaired) electrons. The van der Waals surface area contributed by atoms with Crippen LogP contribution in [0.1, 0.15) is 24.2 Å². The third kappa shape index (κ3) is 4.18. The number of carbonyl (C=O) groups is 1. The molecule has 124 valence electrons. The highest BCUT2D eigenvalue weighted by Gasteiger charge is 2.11. The number of nitrogens with zero attached hydrogens (tertiary/aromatic N) is 1. The van der Waals surface area contributed by atoms with Crippen molar-refractivity contribution in [1.29, 1.82) is 0 Å². The zero-order chi connectivity index (χ0) is 17.1. The highest BCUT2D eigenvalue weighted by molar-refractivity contribution is 9.10. The fraction of sp³-hybridized carbons (Fsp3) is 0.222. The molecule has 0 saturated heterocycles. The summed E-state index contributed by atoms with van der Waals surface area (Å²) in [7, 11) is 0. The zero-order valence-electron chi connectivity index (χ0n) is 13.4. The van der Waals surface area contributed by atoms with Crippen LogP contribution < -0.4 is 5.32 Å². The SMILES string of the molecule is CC(C)CSc1nc2ccc(NC(=O)c3ccccc3Br)cc2s1. The molecular weight excluding hydrogens is 404 g/mol. The molecule has 3 aromatic rings. The normalized spacial score (nSPS) is 11.2. The predicted octanol–water partition coefficient (Wildman–Crippen LogP) is 6.06. The minimum Gasteiger partial charge on any atom is -0.322 e. The molecule has 1 amide bonds. The molecule has 0 aliphatic rings. The van der Waals surface area contributed by atoms with Crippen LogP contribution in [-0.4, -0.2) is 16.6 Å². The molecule has 6 heteroatoms. The maximum atomic E-state index is 12.4. The van der Waals surface area contributed by atoms with Gasteiger partial charge in [-0.15, -0.1) is 11.3 Å². The van der Waals surface area contributed by atoms with Gasteiger partial charge in [0.1, 0.15) is 0 Å².